The maximum Gasteiger partial charge on any atom is 0.0960 e. The van der Waals surface area contributed by atoms with Crippen molar-refractivity contribution in [2.24, 2.45) is 5.41 Å². The molecule has 0 bridgehead atoms. The van der Waals surface area contributed by atoms with Crippen LogP contribution in [0.5, 0.6) is 0 Å². The van der Waals surface area contributed by atoms with E-state index in [-0.39, 0.29) is 11.5 Å². The Morgan fingerprint density at radius 1 is 1.19 bits per heavy atom. The van der Waals surface area contributed by atoms with Gasteiger partial charge in [0.05, 0.1) is 12.1 Å². The predicted molar refractivity (Wildman–Crippen MR) is 68.1 cm³/mol. The lowest BCUT2D eigenvalue weighted by Crippen LogP contribution is -2.39. The van der Waals surface area contributed by atoms with Crippen molar-refractivity contribution in [2.45, 2.75) is 77.8 Å². The first-order chi connectivity index (χ1) is 7.51. The normalized spacial score (nSPS) is 21.1. The third-order valence-corrected chi connectivity index (χ3v) is 3.26. The van der Waals surface area contributed by atoms with Gasteiger partial charge in [0.15, 0.2) is 0 Å². The molecule has 0 aromatic rings. The summed E-state index contributed by atoms with van der Waals surface area (Å²) in [7, 11) is 0. The van der Waals surface area contributed by atoms with Crippen LogP contribution in [0.25, 0.3) is 0 Å². The topological polar surface area (TPSA) is 35.8 Å². The van der Waals surface area contributed by atoms with Crippen molar-refractivity contribution in [3.8, 4) is 6.07 Å². The first-order valence-electron chi connectivity index (χ1n) is 6.67. The molecule has 1 saturated carbocycles. The highest BCUT2D eigenvalue weighted by Crippen LogP contribution is 2.23. The second-order valence-electron chi connectivity index (χ2n) is 6.30. The molecule has 0 spiro atoms. The second-order valence-corrected chi connectivity index (χ2v) is 6.30. The molecule has 92 valence electrons. The molecule has 0 radical (unpaired) electrons. The molecule has 1 unspecified atom stereocenters. The number of rotatable bonds is 3. The van der Waals surface area contributed by atoms with Gasteiger partial charge in [-0.05, 0) is 24.7 Å². The molecule has 1 fully saturated rings. The average molecular weight is 222 g/mol. The van der Waals surface area contributed by atoms with Gasteiger partial charge < -0.3 is 0 Å². The lowest BCUT2D eigenvalue weighted by molar-refractivity contribution is 0.313. The Bertz CT molecular complexity index is 226. The van der Waals surface area contributed by atoms with Crippen molar-refractivity contribution in [3.63, 3.8) is 0 Å². The van der Waals surface area contributed by atoms with E-state index in [9.17, 15) is 5.26 Å². The largest absolute Gasteiger partial charge is 0.299 e. The molecule has 0 aromatic heterocycles. The number of nitriles is 1. The van der Waals surface area contributed by atoms with Crippen LogP contribution in [-0.2, 0) is 0 Å². The summed E-state index contributed by atoms with van der Waals surface area (Å²) in [6.45, 7) is 6.60. The fourth-order valence-electron chi connectivity index (χ4n) is 2.48. The van der Waals surface area contributed by atoms with Gasteiger partial charge in [-0.1, -0.05) is 46.5 Å². The van der Waals surface area contributed by atoms with Crippen molar-refractivity contribution in [3.05, 3.63) is 0 Å². The van der Waals surface area contributed by atoms with Crippen molar-refractivity contribution < 1.29 is 0 Å². The van der Waals surface area contributed by atoms with Crippen LogP contribution in [0.4, 0.5) is 0 Å². The van der Waals surface area contributed by atoms with Crippen LogP contribution >= 0.6 is 0 Å². The van der Waals surface area contributed by atoms with Crippen molar-refractivity contribution in [2.75, 3.05) is 0 Å². The Labute approximate surface area is 100 Å². The van der Waals surface area contributed by atoms with Crippen LogP contribution in [0.3, 0.4) is 0 Å². The smallest absolute Gasteiger partial charge is 0.0960 e. The molecule has 0 aliphatic heterocycles. The molecule has 0 saturated heterocycles. The first-order valence-corrected chi connectivity index (χ1v) is 6.67. The summed E-state index contributed by atoms with van der Waals surface area (Å²) in [4.78, 5) is 0. The maximum atomic E-state index is 9.18. The van der Waals surface area contributed by atoms with Gasteiger partial charge >= 0.3 is 0 Å². The highest BCUT2D eigenvalue weighted by molar-refractivity contribution is 4.94. The first kappa shape index (κ1) is 13.5. The fourth-order valence-corrected chi connectivity index (χ4v) is 2.48. The van der Waals surface area contributed by atoms with E-state index in [2.05, 4.69) is 32.2 Å². The van der Waals surface area contributed by atoms with Gasteiger partial charge in [0.1, 0.15) is 0 Å². The van der Waals surface area contributed by atoms with E-state index < -0.39 is 0 Å². The van der Waals surface area contributed by atoms with Crippen LogP contribution in [0.2, 0.25) is 0 Å². The molecular weight excluding hydrogens is 196 g/mol. The van der Waals surface area contributed by atoms with Gasteiger partial charge in [-0.15, -0.1) is 0 Å². The minimum absolute atomic E-state index is 0.0306. The number of nitrogens with one attached hydrogen (secondary N) is 1. The lowest BCUT2D eigenvalue weighted by atomic mass is 9.88. The Morgan fingerprint density at radius 3 is 2.19 bits per heavy atom. The van der Waals surface area contributed by atoms with Crippen LogP contribution in [-0.4, -0.2) is 12.1 Å². The Kier molecular flexibility index (Phi) is 5.28. The maximum absolute atomic E-state index is 9.18. The molecule has 2 heteroatoms. The van der Waals surface area contributed by atoms with Gasteiger partial charge in [0, 0.05) is 6.04 Å². The Hall–Kier alpha value is -0.550. The van der Waals surface area contributed by atoms with Gasteiger partial charge in [-0.25, -0.2) is 0 Å². The Morgan fingerprint density at radius 2 is 1.75 bits per heavy atom. The van der Waals surface area contributed by atoms with Gasteiger partial charge in [0.2, 0.25) is 0 Å². The van der Waals surface area contributed by atoms with Crippen LogP contribution in [0.1, 0.15) is 65.7 Å². The van der Waals surface area contributed by atoms with E-state index in [1.54, 1.807) is 0 Å². The highest BCUT2D eigenvalue weighted by atomic mass is 14.9. The van der Waals surface area contributed by atoms with Gasteiger partial charge in [0.25, 0.3) is 0 Å². The lowest BCUT2D eigenvalue weighted by Gasteiger charge is -2.26. The number of hydrogen-bond donors (Lipinski definition) is 1. The summed E-state index contributed by atoms with van der Waals surface area (Å²) in [6, 6.07) is 3.02. The summed E-state index contributed by atoms with van der Waals surface area (Å²) in [5, 5.41) is 12.7. The van der Waals surface area contributed by atoms with E-state index in [1.165, 1.54) is 38.5 Å². The number of nitrogens with zero attached hydrogens (tertiary/aromatic N) is 1. The monoisotopic (exact) mass is 222 g/mol. The van der Waals surface area contributed by atoms with Gasteiger partial charge in [-0.3, -0.25) is 5.32 Å². The molecule has 0 amide bonds. The third kappa shape index (κ3) is 5.51. The minimum atomic E-state index is 0.0306. The molecule has 2 nitrogen and oxygen atoms in total. The van der Waals surface area contributed by atoms with Crippen LogP contribution in [0, 0.1) is 16.7 Å². The quantitative estimate of drug-likeness (QED) is 0.740. The summed E-state index contributed by atoms with van der Waals surface area (Å²) >= 11 is 0. The van der Waals surface area contributed by atoms with E-state index in [4.69, 9.17) is 0 Å². The van der Waals surface area contributed by atoms with Crippen molar-refractivity contribution in [1.29, 1.82) is 5.26 Å². The molecule has 0 heterocycles. The minimum Gasteiger partial charge on any atom is -0.299 e. The van der Waals surface area contributed by atoms with E-state index >= 15 is 0 Å². The molecule has 0 aromatic carbocycles. The second kappa shape index (κ2) is 6.25. The molecule has 1 atom stereocenters. The fraction of sp³-hybridized carbons (Fsp3) is 0.929. The van der Waals surface area contributed by atoms with Crippen molar-refractivity contribution >= 4 is 0 Å². The van der Waals surface area contributed by atoms with E-state index in [0.717, 1.165) is 6.42 Å². The van der Waals surface area contributed by atoms with Crippen molar-refractivity contribution in [1.82, 2.24) is 5.32 Å². The summed E-state index contributed by atoms with van der Waals surface area (Å²) in [5.41, 5.74) is 0.234. The zero-order valence-electron chi connectivity index (χ0n) is 11.1. The van der Waals surface area contributed by atoms with Crippen LogP contribution in [0.15, 0.2) is 0 Å². The number of hydrogen-bond acceptors (Lipinski definition) is 2. The summed E-state index contributed by atoms with van der Waals surface area (Å²) < 4.78 is 0. The molecule has 1 aliphatic rings. The average Bonchev–Trinajstić information content (AvgIpc) is 2.43. The SMILES string of the molecule is CC(C)(C)CC(C#N)NC1CCCCCC1. The van der Waals surface area contributed by atoms with Crippen LogP contribution < -0.4 is 5.32 Å². The molecule has 1 aliphatic carbocycles. The molecule has 1 rings (SSSR count). The standard InChI is InChI=1S/C14H26N2/c1-14(2,3)10-13(11-15)16-12-8-6-4-5-7-9-12/h12-13,16H,4-10H2,1-3H3. The molecule has 16 heavy (non-hydrogen) atoms. The Balaban J connectivity index is 2.40. The van der Waals surface area contributed by atoms with Gasteiger partial charge in [-0.2, -0.15) is 5.26 Å². The third-order valence-electron chi connectivity index (χ3n) is 3.26. The summed E-state index contributed by atoms with van der Waals surface area (Å²) in [5.74, 6) is 0. The highest BCUT2D eigenvalue weighted by Gasteiger charge is 2.21. The van der Waals surface area contributed by atoms with E-state index in [0.29, 0.717) is 6.04 Å². The predicted octanol–water partition coefficient (Wildman–Crippen LogP) is 3.63. The van der Waals surface area contributed by atoms with E-state index in [1.807, 2.05) is 0 Å². The molecular formula is C14H26N2. The summed E-state index contributed by atoms with van der Waals surface area (Å²) in [6.07, 6.45) is 8.84. The molecule has 1 N–H and O–H groups in total. The zero-order chi connectivity index (χ0) is 12.0. The zero-order valence-corrected chi connectivity index (χ0v) is 11.1.